The van der Waals surface area contributed by atoms with Gasteiger partial charge < -0.3 is 5.11 Å². The van der Waals surface area contributed by atoms with Gasteiger partial charge in [-0.15, -0.1) is 0 Å². The molecule has 1 aromatic heterocycles. The number of aromatic amines is 1. The molecule has 70 valence electrons. The van der Waals surface area contributed by atoms with E-state index in [0.29, 0.717) is 18.5 Å². The number of carbonyl (C=O) groups is 1. The standard InChI is InChI=1S/C8H9FN2O2/c9-4-2-1-3-5-6(4)7(8(12)13)11-10-5/h4H,1-3H2,(H,10,11)(H,12,13). The fourth-order valence-corrected chi connectivity index (χ4v) is 1.68. The predicted molar refractivity (Wildman–Crippen MR) is 42.3 cm³/mol. The van der Waals surface area contributed by atoms with Crippen molar-refractivity contribution < 1.29 is 14.3 Å². The summed E-state index contributed by atoms with van der Waals surface area (Å²) in [6.45, 7) is 0. The molecule has 1 aromatic rings. The lowest BCUT2D eigenvalue weighted by Gasteiger charge is -2.14. The van der Waals surface area contributed by atoms with Gasteiger partial charge in [-0.2, -0.15) is 5.10 Å². The van der Waals surface area contributed by atoms with Gasteiger partial charge in [0.25, 0.3) is 0 Å². The molecule has 0 spiro atoms. The lowest BCUT2D eigenvalue weighted by atomic mass is 9.94. The molecular formula is C8H9FN2O2. The van der Waals surface area contributed by atoms with E-state index >= 15 is 0 Å². The predicted octanol–water partition coefficient (Wildman–Crippen LogP) is 1.45. The Kier molecular flexibility index (Phi) is 1.79. The second-order valence-electron chi connectivity index (χ2n) is 3.13. The number of carboxylic acids is 1. The van der Waals surface area contributed by atoms with Gasteiger partial charge in [0, 0.05) is 11.3 Å². The number of halogens is 1. The van der Waals surface area contributed by atoms with Gasteiger partial charge in [0.1, 0.15) is 6.17 Å². The minimum absolute atomic E-state index is 0.165. The zero-order chi connectivity index (χ0) is 9.42. The summed E-state index contributed by atoms with van der Waals surface area (Å²) >= 11 is 0. The molecule has 2 rings (SSSR count). The summed E-state index contributed by atoms with van der Waals surface area (Å²) in [5.74, 6) is -1.16. The van der Waals surface area contributed by atoms with Crippen LogP contribution < -0.4 is 0 Å². The molecule has 0 fully saturated rings. The van der Waals surface area contributed by atoms with E-state index in [-0.39, 0.29) is 11.3 Å². The van der Waals surface area contributed by atoms with Crippen molar-refractivity contribution in [2.24, 2.45) is 0 Å². The highest BCUT2D eigenvalue weighted by molar-refractivity contribution is 5.87. The number of rotatable bonds is 1. The number of carboxylic acid groups (broad SMARTS) is 1. The minimum Gasteiger partial charge on any atom is -0.476 e. The molecule has 0 amide bonds. The van der Waals surface area contributed by atoms with Crippen LogP contribution in [0, 0.1) is 0 Å². The Morgan fingerprint density at radius 3 is 3.15 bits per heavy atom. The highest BCUT2D eigenvalue weighted by Gasteiger charge is 2.28. The van der Waals surface area contributed by atoms with Crippen LogP contribution in [-0.4, -0.2) is 21.3 Å². The van der Waals surface area contributed by atoms with Crippen LogP contribution in [0.25, 0.3) is 0 Å². The normalized spacial score (nSPS) is 21.2. The Hall–Kier alpha value is -1.39. The molecule has 2 N–H and O–H groups in total. The number of nitrogens with one attached hydrogen (secondary N) is 1. The number of aromatic carboxylic acids is 1. The SMILES string of the molecule is O=C(O)c1n[nH]c2c1C(F)CCC2. The van der Waals surface area contributed by atoms with Crippen molar-refractivity contribution in [3.63, 3.8) is 0 Å². The first kappa shape index (κ1) is 8.22. The Morgan fingerprint density at radius 2 is 2.46 bits per heavy atom. The van der Waals surface area contributed by atoms with Crippen LogP contribution >= 0.6 is 0 Å². The number of aryl methyl sites for hydroxylation is 1. The monoisotopic (exact) mass is 184 g/mol. The van der Waals surface area contributed by atoms with E-state index in [1.165, 1.54) is 0 Å². The quantitative estimate of drug-likeness (QED) is 0.694. The fraction of sp³-hybridized carbons (Fsp3) is 0.500. The van der Waals surface area contributed by atoms with Gasteiger partial charge >= 0.3 is 5.97 Å². The van der Waals surface area contributed by atoms with Crippen LogP contribution in [0.5, 0.6) is 0 Å². The van der Waals surface area contributed by atoms with E-state index in [2.05, 4.69) is 10.2 Å². The highest BCUT2D eigenvalue weighted by atomic mass is 19.1. The Morgan fingerprint density at radius 1 is 1.69 bits per heavy atom. The lowest BCUT2D eigenvalue weighted by molar-refractivity contribution is 0.0686. The first-order valence-corrected chi connectivity index (χ1v) is 4.14. The minimum atomic E-state index is -1.17. The molecule has 1 aliphatic carbocycles. The molecule has 0 bridgehead atoms. The van der Waals surface area contributed by atoms with Crippen LogP contribution in [0.1, 0.15) is 40.8 Å². The van der Waals surface area contributed by atoms with Crippen molar-refractivity contribution in [2.45, 2.75) is 25.4 Å². The van der Waals surface area contributed by atoms with Crippen molar-refractivity contribution in [2.75, 3.05) is 0 Å². The first-order chi connectivity index (χ1) is 6.20. The number of hydrogen-bond donors (Lipinski definition) is 2. The molecule has 0 saturated heterocycles. The summed E-state index contributed by atoms with van der Waals surface area (Å²) in [5, 5.41) is 14.8. The van der Waals surface area contributed by atoms with E-state index in [1.54, 1.807) is 0 Å². The summed E-state index contributed by atoms with van der Waals surface area (Å²) < 4.78 is 13.3. The maximum absolute atomic E-state index is 13.3. The van der Waals surface area contributed by atoms with E-state index in [0.717, 1.165) is 6.42 Å². The van der Waals surface area contributed by atoms with Gasteiger partial charge in [-0.05, 0) is 19.3 Å². The van der Waals surface area contributed by atoms with E-state index in [4.69, 9.17) is 5.11 Å². The average molecular weight is 184 g/mol. The molecule has 1 unspecified atom stereocenters. The zero-order valence-electron chi connectivity index (χ0n) is 6.88. The third-order valence-electron chi connectivity index (χ3n) is 2.28. The first-order valence-electron chi connectivity index (χ1n) is 4.14. The number of aromatic nitrogens is 2. The number of hydrogen-bond acceptors (Lipinski definition) is 2. The summed E-state index contributed by atoms with van der Waals surface area (Å²) in [4.78, 5) is 10.6. The van der Waals surface area contributed by atoms with Crippen molar-refractivity contribution >= 4 is 5.97 Å². The van der Waals surface area contributed by atoms with Crippen molar-refractivity contribution in [1.82, 2.24) is 10.2 Å². The maximum atomic E-state index is 13.3. The zero-order valence-corrected chi connectivity index (χ0v) is 6.88. The van der Waals surface area contributed by atoms with Gasteiger partial charge in [0.15, 0.2) is 5.69 Å². The summed E-state index contributed by atoms with van der Waals surface area (Å²) in [5.41, 5.74) is 0.720. The van der Waals surface area contributed by atoms with Crippen LogP contribution in [0.3, 0.4) is 0 Å². The van der Waals surface area contributed by atoms with E-state index in [9.17, 15) is 9.18 Å². The second kappa shape index (κ2) is 2.83. The lowest BCUT2D eigenvalue weighted by Crippen LogP contribution is -2.09. The van der Waals surface area contributed by atoms with Gasteiger partial charge in [0.2, 0.25) is 0 Å². The third-order valence-corrected chi connectivity index (χ3v) is 2.28. The second-order valence-corrected chi connectivity index (χ2v) is 3.13. The van der Waals surface area contributed by atoms with Gasteiger partial charge in [-0.1, -0.05) is 0 Å². The van der Waals surface area contributed by atoms with Gasteiger partial charge in [-0.25, -0.2) is 9.18 Å². The molecule has 0 aliphatic heterocycles. The Labute approximate surface area is 73.8 Å². The smallest absolute Gasteiger partial charge is 0.356 e. The molecule has 0 aromatic carbocycles. The molecule has 1 atom stereocenters. The third kappa shape index (κ3) is 1.20. The Balaban J connectivity index is 2.50. The van der Waals surface area contributed by atoms with Crippen molar-refractivity contribution in [3.05, 3.63) is 17.0 Å². The number of fused-ring (bicyclic) bond motifs is 1. The molecule has 0 saturated carbocycles. The number of alkyl halides is 1. The topological polar surface area (TPSA) is 66.0 Å². The van der Waals surface area contributed by atoms with Crippen molar-refractivity contribution in [1.29, 1.82) is 0 Å². The van der Waals surface area contributed by atoms with Crippen LogP contribution in [-0.2, 0) is 6.42 Å². The van der Waals surface area contributed by atoms with Gasteiger partial charge in [-0.3, -0.25) is 5.10 Å². The molecule has 5 heteroatoms. The Bertz CT molecular complexity index is 348. The van der Waals surface area contributed by atoms with E-state index in [1.807, 2.05) is 0 Å². The highest BCUT2D eigenvalue weighted by Crippen LogP contribution is 2.33. The van der Waals surface area contributed by atoms with Crippen LogP contribution in [0.4, 0.5) is 4.39 Å². The average Bonchev–Trinajstić information content (AvgIpc) is 2.49. The van der Waals surface area contributed by atoms with Crippen LogP contribution in [0.15, 0.2) is 0 Å². The molecule has 1 heterocycles. The summed E-state index contributed by atoms with van der Waals surface area (Å²) in [7, 11) is 0. The molecule has 0 radical (unpaired) electrons. The number of H-pyrrole nitrogens is 1. The molecule has 13 heavy (non-hydrogen) atoms. The van der Waals surface area contributed by atoms with Crippen LogP contribution in [0.2, 0.25) is 0 Å². The maximum Gasteiger partial charge on any atom is 0.356 e. The fourth-order valence-electron chi connectivity index (χ4n) is 1.68. The summed E-state index contributed by atoms with van der Waals surface area (Å²) in [6.07, 6.45) is 0.659. The molecule has 4 nitrogen and oxygen atoms in total. The molecular weight excluding hydrogens is 175 g/mol. The van der Waals surface area contributed by atoms with Gasteiger partial charge in [0.05, 0.1) is 0 Å². The largest absolute Gasteiger partial charge is 0.476 e. The van der Waals surface area contributed by atoms with Crippen molar-refractivity contribution in [3.8, 4) is 0 Å². The van der Waals surface area contributed by atoms with E-state index < -0.39 is 12.1 Å². The number of nitrogens with zero attached hydrogens (tertiary/aromatic N) is 1. The molecule has 1 aliphatic rings. The summed E-state index contributed by atoms with van der Waals surface area (Å²) in [6, 6.07) is 0.